The molecule has 0 N–H and O–H groups in total. The summed E-state index contributed by atoms with van der Waals surface area (Å²) in [4.78, 5) is 34.0. The first-order valence-electron chi connectivity index (χ1n) is 10.6. The van der Waals surface area contributed by atoms with Gasteiger partial charge in [-0.05, 0) is 48.1 Å². The maximum atomic E-state index is 13.4. The summed E-state index contributed by atoms with van der Waals surface area (Å²) in [5.74, 6) is 0.215. The fourth-order valence-electron chi connectivity index (χ4n) is 4.44. The lowest BCUT2D eigenvalue weighted by Gasteiger charge is -2.44. The topological polar surface area (TPSA) is 53.5 Å². The molecule has 0 spiro atoms. The highest BCUT2D eigenvalue weighted by Crippen LogP contribution is 2.37. The summed E-state index contributed by atoms with van der Waals surface area (Å²) in [6.45, 7) is 7.02. The smallest absolute Gasteiger partial charge is 0.230 e. The lowest BCUT2D eigenvalue weighted by Crippen LogP contribution is -2.55. The number of amides is 2. The average Bonchev–Trinajstić information content (AvgIpc) is 2.73. The Labute approximate surface area is 180 Å². The van der Waals surface area contributed by atoms with Crippen LogP contribution in [-0.4, -0.2) is 53.8 Å². The van der Waals surface area contributed by atoms with Crippen molar-refractivity contribution in [3.05, 3.63) is 54.4 Å². The Morgan fingerprint density at radius 1 is 1.10 bits per heavy atom. The molecule has 1 atom stereocenters. The molecule has 5 heteroatoms. The molecule has 1 aliphatic heterocycles. The molecule has 2 heterocycles. The number of hydrogen-bond donors (Lipinski definition) is 0. The van der Waals surface area contributed by atoms with Crippen molar-refractivity contribution >= 4 is 11.8 Å². The molecule has 0 aliphatic carbocycles. The van der Waals surface area contributed by atoms with Gasteiger partial charge in [0.15, 0.2) is 0 Å². The van der Waals surface area contributed by atoms with Crippen LogP contribution in [0.2, 0.25) is 0 Å². The van der Waals surface area contributed by atoms with E-state index in [9.17, 15) is 9.59 Å². The van der Waals surface area contributed by atoms with Crippen molar-refractivity contribution in [3.8, 4) is 11.1 Å². The third kappa shape index (κ3) is 4.72. The summed E-state index contributed by atoms with van der Waals surface area (Å²) in [7, 11) is 3.62. The van der Waals surface area contributed by atoms with Crippen LogP contribution < -0.4 is 0 Å². The second-order valence-corrected chi connectivity index (χ2v) is 9.67. The van der Waals surface area contributed by atoms with E-state index >= 15 is 0 Å². The normalized spacial score (nSPS) is 19.4. The number of carbonyl (C=O) groups is 2. The highest BCUT2D eigenvalue weighted by Gasteiger charge is 2.45. The average molecular weight is 408 g/mol. The molecule has 1 fully saturated rings. The molecule has 3 rings (SSSR count). The second-order valence-electron chi connectivity index (χ2n) is 9.67. The summed E-state index contributed by atoms with van der Waals surface area (Å²) >= 11 is 0. The lowest BCUT2D eigenvalue weighted by molar-refractivity contribution is -0.150. The monoisotopic (exact) mass is 407 g/mol. The maximum Gasteiger partial charge on any atom is 0.230 e. The van der Waals surface area contributed by atoms with Crippen LogP contribution in [0.5, 0.6) is 0 Å². The Morgan fingerprint density at radius 3 is 2.43 bits per heavy atom. The van der Waals surface area contributed by atoms with E-state index in [4.69, 9.17) is 0 Å². The first-order valence-corrected chi connectivity index (χ1v) is 10.6. The summed E-state index contributed by atoms with van der Waals surface area (Å²) in [6.07, 6.45) is 5.83. The van der Waals surface area contributed by atoms with Gasteiger partial charge in [-0.3, -0.25) is 14.6 Å². The number of hydrogen-bond acceptors (Lipinski definition) is 3. The molecule has 2 amide bonds. The molecule has 1 saturated heterocycles. The van der Waals surface area contributed by atoms with Crippen molar-refractivity contribution in [1.82, 2.24) is 14.8 Å². The number of rotatable bonds is 4. The van der Waals surface area contributed by atoms with Gasteiger partial charge in [-0.15, -0.1) is 0 Å². The van der Waals surface area contributed by atoms with E-state index in [1.54, 1.807) is 17.3 Å². The molecule has 0 saturated carbocycles. The SMILES string of the molecule is CN(C)C(=O)[C@@]1(Cc2cccc(-c3ccncc3)c2)CCCN(C(=O)C(C)(C)C)C1. The number of pyridine rings is 1. The molecule has 0 bridgehead atoms. The number of benzene rings is 1. The quantitative estimate of drug-likeness (QED) is 0.769. The zero-order chi connectivity index (χ0) is 21.9. The Balaban J connectivity index is 1.93. The van der Waals surface area contributed by atoms with Crippen LogP contribution in [0.4, 0.5) is 0 Å². The number of likely N-dealkylation sites (tertiary alicyclic amines) is 1. The summed E-state index contributed by atoms with van der Waals surface area (Å²) in [5.41, 5.74) is 2.28. The number of carbonyl (C=O) groups excluding carboxylic acids is 2. The van der Waals surface area contributed by atoms with Gasteiger partial charge in [0.05, 0.1) is 5.41 Å². The lowest BCUT2D eigenvalue weighted by atomic mass is 9.73. The van der Waals surface area contributed by atoms with Gasteiger partial charge in [0.2, 0.25) is 11.8 Å². The van der Waals surface area contributed by atoms with Crippen molar-refractivity contribution in [1.29, 1.82) is 0 Å². The predicted octanol–water partition coefficient (Wildman–Crippen LogP) is 4.03. The number of aromatic nitrogens is 1. The molecule has 30 heavy (non-hydrogen) atoms. The molecule has 0 unspecified atom stereocenters. The molecular weight excluding hydrogens is 374 g/mol. The Hall–Kier alpha value is -2.69. The van der Waals surface area contributed by atoms with E-state index in [2.05, 4.69) is 23.2 Å². The minimum absolute atomic E-state index is 0.100. The molecule has 0 radical (unpaired) electrons. The van der Waals surface area contributed by atoms with Crippen LogP contribution in [0.3, 0.4) is 0 Å². The van der Waals surface area contributed by atoms with Gasteiger partial charge in [0.25, 0.3) is 0 Å². The van der Waals surface area contributed by atoms with Crippen molar-refractivity contribution < 1.29 is 9.59 Å². The highest BCUT2D eigenvalue weighted by molar-refractivity contribution is 5.86. The fraction of sp³-hybridized carbons (Fsp3) is 0.480. The van der Waals surface area contributed by atoms with Crippen LogP contribution in [0.25, 0.3) is 11.1 Å². The zero-order valence-electron chi connectivity index (χ0n) is 18.8. The number of piperidine rings is 1. The molecular formula is C25H33N3O2. The Kier molecular flexibility index (Phi) is 6.30. The second kappa shape index (κ2) is 8.58. The minimum Gasteiger partial charge on any atom is -0.348 e. The summed E-state index contributed by atoms with van der Waals surface area (Å²) < 4.78 is 0. The van der Waals surface area contributed by atoms with Crippen molar-refractivity contribution in [2.45, 2.75) is 40.0 Å². The first kappa shape index (κ1) is 22.0. The van der Waals surface area contributed by atoms with Gasteiger partial charge >= 0.3 is 0 Å². The van der Waals surface area contributed by atoms with E-state index in [0.29, 0.717) is 13.0 Å². The standard InChI is InChI=1S/C25H33N3O2/c1-24(2,3)22(29)28-15-7-12-25(18-28,23(30)27(4)5)17-19-8-6-9-21(16-19)20-10-13-26-14-11-20/h6,8-11,13-14,16H,7,12,15,17-18H2,1-5H3/t25-/m1/s1. The summed E-state index contributed by atoms with van der Waals surface area (Å²) in [5, 5.41) is 0. The van der Waals surface area contributed by atoms with Gasteiger partial charge in [0, 0.05) is 45.0 Å². The maximum absolute atomic E-state index is 13.4. The van der Waals surface area contributed by atoms with Crippen LogP contribution in [0.15, 0.2) is 48.8 Å². The Bertz CT molecular complexity index is 902. The van der Waals surface area contributed by atoms with E-state index in [-0.39, 0.29) is 11.8 Å². The van der Waals surface area contributed by atoms with Crippen LogP contribution in [-0.2, 0) is 16.0 Å². The third-order valence-corrected chi connectivity index (χ3v) is 5.85. The van der Waals surface area contributed by atoms with Gasteiger partial charge in [-0.25, -0.2) is 0 Å². The molecule has 160 valence electrons. The van der Waals surface area contributed by atoms with Crippen molar-refractivity contribution in [2.75, 3.05) is 27.2 Å². The van der Waals surface area contributed by atoms with E-state index in [1.165, 1.54) is 0 Å². The largest absolute Gasteiger partial charge is 0.348 e. The molecule has 1 aliphatic rings. The van der Waals surface area contributed by atoms with Crippen LogP contribution in [0, 0.1) is 10.8 Å². The predicted molar refractivity (Wildman–Crippen MR) is 120 cm³/mol. The zero-order valence-corrected chi connectivity index (χ0v) is 18.8. The van der Waals surface area contributed by atoms with Gasteiger partial charge in [0.1, 0.15) is 0 Å². The molecule has 1 aromatic heterocycles. The third-order valence-electron chi connectivity index (χ3n) is 5.85. The van der Waals surface area contributed by atoms with Gasteiger partial charge < -0.3 is 9.80 Å². The summed E-state index contributed by atoms with van der Waals surface area (Å²) in [6, 6.07) is 12.3. The number of nitrogens with zero attached hydrogens (tertiary/aromatic N) is 3. The molecule has 2 aromatic rings. The van der Waals surface area contributed by atoms with Gasteiger partial charge in [-0.2, -0.15) is 0 Å². The Morgan fingerprint density at radius 2 is 1.80 bits per heavy atom. The first-order chi connectivity index (χ1) is 14.1. The van der Waals surface area contributed by atoms with Gasteiger partial charge in [-0.1, -0.05) is 45.0 Å². The molecule has 1 aromatic carbocycles. The molecule has 5 nitrogen and oxygen atoms in total. The van der Waals surface area contributed by atoms with E-state index < -0.39 is 10.8 Å². The van der Waals surface area contributed by atoms with Crippen LogP contribution in [0.1, 0.15) is 39.2 Å². The fourth-order valence-corrected chi connectivity index (χ4v) is 4.44. The highest BCUT2D eigenvalue weighted by atomic mass is 16.2. The van der Waals surface area contributed by atoms with E-state index in [1.807, 2.05) is 58.0 Å². The van der Waals surface area contributed by atoms with Crippen LogP contribution >= 0.6 is 0 Å². The van der Waals surface area contributed by atoms with Crippen molar-refractivity contribution in [3.63, 3.8) is 0 Å². The van der Waals surface area contributed by atoms with E-state index in [0.717, 1.165) is 36.1 Å². The van der Waals surface area contributed by atoms with Crippen molar-refractivity contribution in [2.24, 2.45) is 10.8 Å². The minimum atomic E-state index is -0.598.